The monoisotopic (exact) mass is 479 g/mol. The highest BCUT2D eigenvalue weighted by atomic mass is 32.2. The summed E-state index contributed by atoms with van der Waals surface area (Å²) in [5.74, 6) is 11.2. The first-order valence-electron chi connectivity index (χ1n) is 9.78. The summed E-state index contributed by atoms with van der Waals surface area (Å²) >= 11 is 0. The van der Waals surface area contributed by atoms with Gasteiger partial charge in [-0.05, 0) is 35.4 Å². The number of hydrogen-bond acceptors (Lipinski definition) is 7. The molecule has 6 N–H and O–H groups in total. The number of rotatable bonds is 9. The predicted octanol–water partition coefficient (Wildman–Crippen LogP) is 1.76. The van der Waals surface area contributed by atoms with E-state index in [1.54, 1.807) is 36.3 Å². The van der Waals surface area contributed by atoms with Crippen molar-refractivity contribution in [1.82, 2.24) is 4.41 Å². The Hall–Kier alpha value is -4.28. The van der Waals surface area contributed by atoms with Crippen LogP contribution >= 0.6 is 0 Å². The fourth-order valence-electron chi connectivity index (χ4n) is 3.49. The van der Waals surface area contributed by atoms with Crippen LogP contribution in [0, 0.1) is 0 Å². The molecule has 174 valence electrons. The van der Waals surface area contributed by atoms with Gasteiger partial charge in [0.25, 0.3) is 10.0 Å². The summed E-state index contributed by atoms with van der Waals surface area (Å²) in [6, 6.07) is 20.5. The molecule has 3 aromatic rings. The van der Waals surface area contributed by atoms with Crippen molar-refractivity contribution >= 4 is 39.5 Å². The van der Waals surface area contributed by atoms with Crippen molar-refractivity contribution in [3.63, 3.8) is 0 Å². The number of sulfonamides is 1. The van der Waals surface area contributed by atoms with Crippen LogP contribution in [0.3, 0.4) is 0 Å². The second-order valence-corrected chi connectivity index (χ2v) is 8.79. The van der Waals surface area contributed by atoms with Crippen molar-refractivity contribution in [2.75, 3.05) is 5.32 Å². The van der Waals surface area contributed by atoms with Gasteiger partial charge in [-0.1, -0.05) is 60.7 Å². The van der Waals surface area contributed by atoms with Gasteiger partial charge in [-0.15, -0.1) is 4.41 Å². The highest BCUT2D eigenvalue weighted by Gasteiger charge is 2.55. The molecule has 0 aliphatic heterocycles. The molecule has 1 atom stereocenters. The Balaban J connectivity index is 2.39. The zero-order valence-corrected chi connectivity index (χ0v) is 18.5. The first-order valence-corrected chi connectivity index (χ1v) is 11.2. The van der Waals surface area contributed by atoms with E-state index in [-0.39, 0.29) is 20.4 Å². The number of aliphatic carboxylic acids is 1. The number of carbonyl (C=O) groups is 1. The van der Waals surface area contributed by atoms with Crippen LogP contribution in [0.4, 0.5) is 5.69 Å². The number of hydrazine groups is 1. The zero-order valence-electron chi connectivity index (χ0n) is 17.7. The third-order valence-electron chi connectivity index (χ3n) is 5.05. The summed E-state index contributed by atoms with van der Waals surface area (Å²) in [5.41, 5.74) is -2.87. The van der Waals surface area contributed by atoms with E-state index in [4.69, 9.17) is 11.7 Å². The minimum Gasteiger partial charge on any atom is -0.479 e. The maximum Gasteiger partial charge on any atom is 0.336 e. The predicted molar refractivity (Wildman–Crippen MR) is 127 cm³/mol. The largest absolute Gasteiger partial charge is 0.479 e. The Morgan fingerprint density at radius 2 is 1.65 bits per heavy atom. The molecular formula is C23H21N5O5S. The maximum absolute atomic E-state index is 13.5. The molecule has 3 aromatic carbocycles. The van der Waals surface area contributed by atoms with Crippen LogP contribution in [0.15, 0.2) is 94.9 Å². The molecule has 3 rings (SSSR count). The molecule has 0 amide bonds. The molecule has 0 aliphatic carbocycles. The Kier molecular flexibility index (Phi) is 7.24. The van der Waals surface area contributed by atoms with Crippen LogP contribution < -0.4 is 17.0 Å². The standard InChI is InChI=1S/C23H21N5O5S/c24-27-16-26-19-11-7-10-18(14-19)23(22(30)31,21(15-29)17-8-3-1-4-9-17)28(25)34(32,33)20-12-5-2-6-13-20/h1-14,16H,24-25H2,(H,26,27)(H,30,31)/t23-/m0/s1. The molecule has 0 aromatic heterocycles. The second-order valence-electron chi connectivity index (χ2n) is 6.98. The number of hydrazone groups is 1. The number of carbonyl (C=O) groups excluding carboxylic acids is 1. The van der Waals surface area contributed by atoms with Crippen molar-refractivity contribution in [2.24, 2.45) is 16.8 Å². The third kappa shape index (κ3) is 4.32. The maximum atomic E-state index is 13.5. The van der Waals surface area contributed by atoms with Crippen LogP contribution in [0.2, 0.25) is 0 Å². The van der Waals surface area contributed by atoms with Crippen molar-refractivity contribution in [2.45, 2.75) is 10.4 Å². The number of anilines is 1. The molecular weight excluding hydrogens is 458 g/mol. The number of nitrogens with zero attached hydrogens (tertiary/aromatic N) is 2. The quantitative estimate of drug-likeness (QED) is 0.118. The lowest BCUT2D eigenvalue weighted by atomic mass is 9.80. The molecule has 0 aliphatic rings. The summed E-state index contributed by atoms with van der Waals surface area (Å²) in [6.45, 7) is 0. The molecule has 0 heterocycles. The zero-order chi connectivity index (χ0) is 24.8. The van der Waals surface area contributed by atoms with Crippen LogP contribution in [-0.2, 0) is 25.2 Å². The molecule has 0 fully saturated rings. The second kappa shape index (κ2) is 10.1. The Morgan fingerprint density at radius 3 is 2.21 bits per heavy atom. The van der Waals surface area contributed by atoms with Gasteiger partial charge < -0.3 is 16.3 Å². The van der Waals surface area contributed by atoms with Gasteiger partial charge in [0.05, 0.1) is 10.5 Å². The van der Waals surface area contributed by atoms with E-state index in [0.717, 1.165) is 6.34 Å². The number of carboxylic acid groups (broad SMARTS) is 1. The number of benzene rings is 3. The van der Waals surface area contributed by atoms with Crippen molar-refractivity contribution in [3.8, 4) is 0 Å². The fourth-order valence-corrected chi connectivity index (χ4v) is 4.85. The third-order valence-corrected chi connectivity index (χ3v) is 6.71. The number of nitrogens with one attached hydrogen (secondary N) is 1. The molecule has 11 heteroatoms. The molecule has 0 saturated heterocycles. The first kappa shape index (κ1) is 24.4. The van der Waals surface area contributed by atoms with Crippen molar-refractivity contribution in [3.05, 3.63) is 96.1 Å². The normalized spacial score (nSPS) is 13.2. The molecule has 0 saturated carbocycles. The molecule has 0 radical (unpaired) electrons. The molecule has 10 nitrogen and oxygen atoms in total. The smallest absolute Gasteiger partial charge is 0.336 e. The van der Waals surface area contributed by atoms with Gasteiger partial charge in [-0.3, -0.25) is 5.84 Å². The van der Waals surface area contributed by atoms with E-state index in [1.807, 2.05) is 0 Å². The topological polar surface area (TPSA) is 168 Å². The molecule has 0 unspecified atom stereocenters. The van der Waals surface area contributed by atoms with Crippen LogP contribution in [0.25, 0.3) is 5.57 Å². The van der Waals surface area contributed by atoms with Crippen LogP contribution in [-0.4, -0.2) is 36.2 Å². The minimum absolute atomic E-state index is 0.125. The van der Waals surface area contributed by atoms with Gasteiger partial charge in [-0.2, -0.15) is 5.10 Å². The highest BCUT2D eigenvalue weighted by molar-refractivity contribution is 7.89. The van der Waals surface area contributed by atoms with E-state index in [2.05, 4.69) is 10.4 Å². The Morgan fingerprint density at radius 1 is 1.03 bits per heavy atom. The minimum atomic E-state index is -4.62. The van der Waals surface area contributed by atoms with Crippen LogP contribution in [0.1, 0.15) is 11.1 Å². The average Bonchev–Trinajstić information content (AvgIpc) is 2.86. The van der Waals surface area contributed by atoms with Gasteiger partial charge in [0.2, 0.25) is 5.54 Å². The summed E-state index contributed by atoms with van der Waals surface area (Å²) < 4.78 is 27.2. The summed E-state index contributed by atoms with van der Waals surface area (Å²) in [6.07, 6.45) is 1.15. The van der Waals surface area contributed by atoms with Crippen molar-refractivity contribution in [1.29, 1.82) is 0 Å². The number of nitrogens with two attached hydrogens (primary N) is 2. The van der Waals surface area contributed by atoms with E-state index in [0.29, 0.717) is 5.69 Å². The van der Waals surface area contributed by atoms with Gasteiger partial charge in [0.15, 0.2) is 0 Å². The van der Waals surface area contributed by atoms with E-state index in [9.17, 15) is 23.1 Å². The highest BCUT2D eigenvalue weighted by Crippen LogP contribution is 2.42. The Bertz CT molecular complexity index is 1360. The Labute approximate surface area is 195 Å². The SMILES string of the molecule is NN=CNc1cccc([C@@](C(=O)O)(C(=C=O)c2ccccc2)N(N)S(=O)(=O)c2ccccc2)c1. The van der Waals surface area contributed by atoms with Gasteiger partial charge in [-0.25, -0.2) is 18.0 Å². The van der Waals surface area contributed by atoms with E-state index < -0.39 is 27.1 Å². The average molecular weight is 480 g/mol. The van der Waals surface area contributed by atoms with E-state index in [1.165, 1.54) is 54.6 Å². The van der Waals surface area contributed by atoms with Gasteiger partial charge >= 0.3 is 5.97 Å². The lowest BCUT2D eigenvalue weighted by Crippen LogP contribution is -2.58. The summed E-state index contributed by atoms with van der Waals surface area (Å²) in [4.78, 5) is 25.0. The van der Waals surface area contributed by atoms with Gasteiger partial charge in [0.1, 0.15) is 12.3 Å². The summed E-state index contributed by atoms with van der Waals surface area (Å²) in [7, 11) is -4.62. The molecule has 0 spiro atoms. The molecule has 34 heavy (non-hydrogen) atoms. The fraction of sp³-hybridized carbons (Fsp3) is 0.0435. The van der Waals surface area contributed by atoms with E-state index >= 15 is 0 Å². The number of carboxylic acids is 1. The molecule has 0 bridgehead atoms. The summed E-state index contributed by atoms with van der Waals surface area (Å²) in [5, 5.41) is 16.6. The lowest BCUT2D eigenvalue weighted by Gasteiger charge is -2.37. The first-order chi connectivity index (χ1) is 16.3. The lowest BCUT2D eigenvalue weighted by molar-refractivity contribution is -0.145. The van der Waals surface area contributed by atoms with Gasteiger partial charge in [0, 0.05) is 5.69 Å². The van der Waals surface area contributed by atoms with Crippen LogP contribution in [0.5, 0.6) is 0 Å². The number of hydrogen-bond donors (Lipinski definition) is 4. The van der Waals surface area contributed by atoms with Crippen molar-refractivity contribution < 1.29 is 23.1 Å².